The molecule has 2 aromatic carbocycles. The molecule has 6 aliphatic rings. The number of carbonyl (C=O) groups is 2. The van der Waals surface area contributed by atoms with Crippen LogP contribution >= 0.6 is 0 Å². The second-order valence-electron chi connectivity index (χ2n) is 16.2. The number of hydrogen-bond acceptors (Lipinski definition) is 6. The van der Waals surface area contributed by atoms with Crippen LogP contribution in [0.3, 0.4) is 0 Å². The lowest BCUT2D eigenvalue weighted by atomic mass is 9.83. The van der Waals surface area contributed by atoms with E-state index in [1.54, 1.807) is 22.3 Å². The molecular weight excluding hydrogens is 621 g/mol. The van der Waals surface area contributed by atoms with Gasteiger partial charge in [0.2, 0.25) is 0 Å². The number of benzene rings is 2. The maximum absolute atomic E-state index is 13.4. The van der Waals surface area contributed by atoms with Crippen LogP contribution in [0.4, 0.5) is 0 Å². The van der Waals surface area contributed by atoms with E-state index in [-0.39, 0.29) is 35.3 Å². The third-order valence-corrected chi connectivity index (χ3v) is 13.5. The fraction of sp³-hybridized carbons (Fsp3) is 0.571. The molecule has 2 amide bonds. The Balaban J connectivity index is 0.717. The first-order chi connectivity index (χ1) is 24.6. The molecule has 2 N–H and O–H groups in total. The highest BCUT2D eigenvalue weighted by Gasteiger charge is 2.44. The molecule has 5 heterocycles. The van der Waals surface area contributed by atoms with Crippen LogP contribution in [0, 0.1) is 11.8 Å². The lowest BCUT2D eigenvalue weighted by molar-refractivity contribution is 0.0875. The van der Waals surface area contributed by atoms with E-state index >= 15 is 0 Å². The van der Waals surface area contributed by atoms with E-state index in [0.29, 0.717) is 36.0 Å². The Labute approximate surface area is 296 Å². The summed E-state index contributed by atoms with van der Waals surface area (Å²) in [4.78, 5) is 41.1. The minimum atomic E-state index is -0.278. The molecule has 0 spiro atoms. The van der Waals surface area contributed by atoms with E-state index in [1.807, 2.05) is 0 Å². The number of amides is 2. The van der Waals surface area contributed by atoms with Crippen molar-refractivity contribution in [1.29, 1.82) is 0 Å². The Hall–Kier alpha value is -3.62. The molecule has 4 bridgehead atoms. The van der Waals surface area contributed by atoms with Crippen molar-refractivity contribution in [2.75, 3.05) is 13.1 Å². The highest BCUT2D eigenvalue weighted by atomic mass is 16.2. The van der Waals surface area contributed by atoms with E-state index in [4.69, 9.17) is 0 Å². The fourth-order valence-electron chi connectivity index (χ4n) is 11.0. The van der Waals surface area contributed by atoms with Gasteiger partial charge in [-0.2, -0.15) is 0 Å². The number of nitrogens with one attached hydrogen (secondary N) is 2. The first-order valence-electron chi connectivity index (χ1n) is 19.7. The van der Waals surface area contributed by atoms with E-state index < -0.39 is 0 Å². The van der Waals surface area contributed by atoms with Gasteiger partial charge in [0.15, 0.2) is 11.4 Å². The molecule has 3 aromatic rings. The van der Waals surface area contributed by atoms with Gasteiger partial charge >= 0.3 is 0 Å². The monoisotopic (exact) mass is 672 g/mol. The van der Waals surface area contributed by atoms with Crippen LogP contribution in [0.2, 0.25) is 0 Å². The maximum Gasteiger partial charge on any atom is 0.272 e. The molecule has 4 atom stereocenters. The van der Waals surface area contributed by atoms with Crippen LogP contribution in [0.25, 0.3) is 0 Å². The van der Waals surface area contributed by atoms with Gasteiger partial charge in [-0.15, -0.1) is 0 Å². The molecule has 50 heavy (non-hydrogen) atoms. The summed E-state index contributed by atoms with van der Waals surface area (Å²) in [6, 6.07) is 20.7. The Morgan fingerprint density at radius 3 is 1.20 bits per heavy atom. The Bertz CT molecular complexity index is 1520. The summed E-state index contributed by atoms with van der Waals surface area (Å²) < 4.78 is 0. The number of aromatic nitrogens is 2. The third-order valence-electron chi connectivity index (χ3n) is 13.5. The smallest absolute Gasteiger partial charge is 0.272 e. The van der Waals surface area contributed by atoms with Crippen LogP contribution in [-0.2, 0) is 0 Å². The number of nitrogens with zero attached hydrogens (tertiary/aromatic N) is 4. The standard InChI is InChI=1S/C42H52N6O2/c49-41(45-29-13-9-27(10-14-29)21-25-47-35-17-18-36(47)32-6-2-1-5-31(32)35)39-40(44-24-23-43-39)42(50)46-30-15-11-28(12-16-30)22-26-48-37-19-20-38(48)34-8-4-3-7-33(34)37/h1-8,23-24,27-30,35-38H,9-22,25-26H2,(H,45,49)(H,46,50)/t27?,28?,29?,30?,35-,36+,37-,38?/m1/s1. The molecule has 1 unspecified atom stereocenters. The molecule has 4 aliphatic heterocycles. The molecule has 8 nitrogen and oxygen atoms in total. The fourth-order valence-corrected chi connectivity index (χ4v) is 11.0. The Morgan fingerprint density at radius 1 is 0.520 bits per heavy atom. The summed E-state index contributed by atoms with van der Waals surface area (Å²) in [7, 11) is 0. The average Bonchev–Trinajstić information content (AvgIpc) is 3.92. The minimum Gasteiger partial charge on any atom is -0.348 e. The first-order valence-corrected chi connectivity index (χ1v) is 19.7. The van der Waals surface area contributed by atoms with Crippen molar-refractivity contribution in [3.8, 4) is 0 Å². The number of rotatable bonds is 10. The normalized spacial score (nSPS) is 31.4. The summed E-state index contributed by atoms with van der Waals surface area (Å²) in [5.41, 5.74) is 6.52. The van der Waals surface area contributed by atoms with Gasteiger partial charge in [0.05, 0.1) is 0 Å². The molecule has 4 fully saturated rings. The van der Waals surface area contributed by atoms with Crippen LogP contribution in [0.1, 0.15) is 157 Å². The predicted molar refractivity (Wildman–Crippen MR) is 193 cm³/mol. The highest BCUT2D eigenvalue weighted by Crippen LogP contribution is 2.54. The van der Waals surface area contributed by atoms with E-state index in [2.05, 4.69) is 78.9 Å². The summed E-state index contributed by atoms with van der Waals surface area (Å²) in [6.07, 6.45) is 19.1. The van der Waals surface area contributed by atoms with E-state index in [1.165, 1.54) is 64.0 Å². The van der Waals surface area contributed by atoms with Crippen molar-refractivity contribution in [1.82, 2.24) is 30.4 Å². The third kappa shape index (κ3) is 6.06. The van der Waals surface area contributed by atoms with Gasteiger partial charge < -0.3 is 10.6 Å². The molecular formula is C42H52N6O2. The first kappa shape index (κ1) is 32.3. The number of hydrogen-bond donors (Lipinski definition) is 2. The summed E-state index contributed by atoms with van der Waals surface area (Å²) in [5, 5.41) is 6.42. The predicted octanol–water partition coefficient (Wildman–Crippen LogP) is 7.62. The zero-order chi connectivity index (χ0) is 33.6. The van der Waals surface area contributed by atoms with Crippen molar-refractivity contribution < 1.29 is 9.59 Å². The molecule has 2 saturated heterocycles. The van der Waals surface area contributed by atoms with Crippen LogP contribution in [0.15, 0.2) is 60.9 Å². The quantitative estimate of drug-likeness (QED) is 0.230. The van der Waals surface area contributed by atoms with Crippen LogP contribution < -0.4 is 10.6 Å². The lowest BCUT2D eigenvalue weighted by Crippen LogP contribution is -2.41. The Kier molecular flexibility index (Phi) is 8.94. The zero-order valence-electron chi connectivity index (χ0n) is 29.3. The van der Waals surface area contributed by atoms with Gasteiger partial charge in [-0.25, -0.2) is 9.97 Å². The zero-order valence-corrected chi connectivity index (χ0v) is 29.3. The highest BCUT2D eigenvalue weighted by molar-refractivity contribution is 6.04. The van der Waals surface area contributed by atoms with Crippen molar-refractivity contribution in [2.45, 2.75) is 126 Å². The van der Waals surface area contributed by atoms with Gasteiger partial charge in [-0.05, 0) is 137 Å². The second-order valence-corrected chi connectivity index (χ2v) is 16.2. The summed E-state index contributed by atoms with van der Waals surface area (Å²) in [5.74, 6) is 0.845. The molecule has 2 aliphatic carbocycles. The molecule has 0 radical (unpaired) electrons. The molecule has 9 rings (SSSR count). The van der Waals surface area contributed by atoms with Gasteiger partial charge in [0.25, 0.3) is 11.8 Å². The SMILES string of the molecule is O=C(NC1CCC(CCN2C3CC[C@@H]2c2ccccc23)CC1)c1nccnc1C(=O)NC1CCC(CCN2[C@@H]3CC[C@H]2c2ccccc23)CC1. The van der Waals surface area contributed by atoms with Crippen molar-refractivity contribution in [2.24, 2.45) is 11.8 Å². The maximum atomic E-state index is 13.4. The topological polar surface area (TPSA) is 90.5 Å². The van der Waals surface area contributed by atoms with Gasteiger partial charge in [-0.3, -0.25) is 19.4 Å². The van der Waals surface area contributed by atoms with Crippen LogP contribution in [0.5, 0.6) is 0 Å². The van der Waals surface area contributed by atoms with Gasteiger partial charge in [0.1, 0.15) is 0 Å². The van der Waals surface area contributed by atoms with Crippen molar-refractivity contribution in [3.63, 3.8) is 0 Å². The lowest BCUT2D eigenvalue weighted by Gasteiger charge is -2.31. The van der Waals surface area contributed by atoms with E-state index in [0.717, 1.165) is 51.4 Å². The number of carbonyl (C=O) groups excluding carboxylic acids is 2. The second kappa shape index (κ2) is 13.8. The number of fused-ring (bicyclic) bond motifs is 10. The van der Waals surface area contributed by atoms with Gasteiger partial charge in [0, 0.05) is 48.6 Å². The van der Waals surface area contributed by atoms with Crippen molar-refractivity contribution in [3.05, 3.63) is 94.6 Å². The van der Waals surface area contributed by atoms with E-state index in [9.17, 15) is 9.59 Å². The average molecular weight is 673 g/mol. The largest absolute Gasteiger partial charge is 0.348 e. The molecule has 2 saturated carbocycles. The van der Waals surface area contributed by atoms with Crippen LogP contribution in [-0.4, -0.2) is 56.8 Å². The van der Waals surface area contributed by atoms with Gasteiger partial charge in [-0.1, -0.05) is 48.5 Å². The molecule has 1 aromatic heterocycles. The Morgan fingerprint density at radius 2 is 0.860 bits per heavy atom. The molecule has 262 valence electrons. The minimum absolute atomic E-state index is 0.115. The van der Waals surface area contributed by atoms with Crippen molar-refractivity contribution >= 4 is 11.8 Å². The molecule has 8 heteroatoms. The summed E-state index contributed by atoms with van der Waals surface area (Å²) >= 11 is 0. The summed E-state index contributed by atoms with van der Waals surface area (Å²) in [6.45, 7) is 2.33.